The van der Waals surface area contributed by atoms with E-state index in [1.165, 1.54) is 0 Å². The summed E-state index contributed by atoms with van der Waals surface area (Å²) >= 11 is 0. The van der Waals surface area contributed by atoms with Crippen molar-refractivity contribution in [2.24, 2.45) is 4.99 Å². The van der Waals surface area contributed by atoms with Crippen LogP contribution < -0.4 is 10.2 Å². The van der Waals surface area contributed by atoms with Gasteiger partial charge in [0.1, 0.15) is 5.82 Å². The van der Waals surface area contributed by atoms with E-state index in [1.54, 1.807) is 6.20 Å². The van der Waals surface area contributed by atoms with Gasteiger partial charge in [-0.2, -0.15) is 5.10 Å². The van der Waals surface area contributed by atoms with Crippen LogP contribution >= 0.6 is 0 Å². The molecule has 0 unspecified atom stereocenters. The Bertz CT molecular complexity index is 586. The summed E-state index contributed by atoms with van der Waals surface area (Å²) in [5.74, 6) is 1.97. The lowest BCUT2D eigenvalue weighted by molar-refractivity contribution is 0.371. The van der Waals surface area contributed by atoms with Gasteiger partial charge in [-0.25, -0.2) is 4.98 Å². The molecule has 1 aliphatic rings. The maximum absolute atomic E-state index is 4.41. The summed E-state index contributed by atoms with van der Waals surface area (Å²) in [7, 11) is 1.82. The van der Waals surface area contributed by atoms with Crippen LogP contribution in [0.4, 0.5) is 5.82 Å². The number of hydrogen-bond acceptors (Lipinski definition) is 4. The second-order valence-corrected chi connectivity index (χ2v) is 5.14. The molecule has 1 fully saturated rings. The van der Waals surface area contributed by atoms with Gasteiger partial charge < -0.3 is 15.1 Å². The summed E-state index contributed by atoms with van der Waals surface area (Å²) in [6, 6.07) is 7.99. The zero-order chi connectivity index (χ0) is 15.2. The van der Waals surface area contributed by atoms with Crippen molar-refractivity contribution in [3.63, 3.8) is 0 Å². The monoisotopic (exact) mass is 299 g/mol. The molecule has 3 heterocycles. The summed E-state index contributed by atoms with van der Waals surface area (Å²) in [4.78, 5) is 13.4. The quantitative estimate of drug-likeness (QED) is 0.645. The van der Waals surface area contributed by atoms with E-state index in [4.69, 9.17) is 0 Å². The van der Waals surface area contributed by atoms with E-state index in [-0.39, 0.29) is 0 Å². The molecule has 0 aromatic carbocycles. The molecule has 0 bridgehead atoms. The Morgan fingerprint density at radius 3 is 2.73 bits per heavy atom. The molecule has 0 saturated carbocycles. The van der Waals surface area contributed by atoms with Gasteiger partial charge in [-0.1, -0.05) is 6.07 Å². The van der Waals surface area contributed by atoms with Gasteiger partial charge in [-0.05, 0) is 18.2 Å². The molecule has 7 heteroatoms. The van der Waals surface area contributed by atoms with E-state index in [9.17, 15) is 0 Å². The number of H-pyrrole nitrogens is 1. The van der Waals surface area contributed by atoms with Gasteiger partial charge in [-0.15, -0.1) is 0 Å². The first-order chi connectivity index (χ1) is 10.9. The van der Waals surface area contributed by atoms with Crippen molar-refractivity contribution in [2.45, 2.75) is 6.54 Å². The van der Waals surface area contributed by atoms with Crippen molar-refractivity contribution in [3.05, 3.63) is 42.4 Å². The van der Waals surface area contributed by atoms with Gasteiger partial charge in [0.25, 0.3) is 0 Å². The molecule has 3 rings (SSSR count). The number of aromatic amines is 1. The second-order valence-electron chi connectivity index (χ2n) is 5.14. The molecule has 0 amide bonds. The predicted octanol–water partition coefficient (Wildman–Crippen LogP) is 0.702. The van der Waals surface area contributed by atoms with Crippen molar-refractivity contribution in [3.8, 4) is 0 Å². The van der Waals surface area contributed by atoms with Gasteiger partial charge >= 0.3 is 0 Å². The Hall–Kier alpha value is -2.57. The number of hydrogen-bond donors (Lipinski definition) is 2. The summed E-state index contributed by atoms with van der Waals surface area (Å²) in [5.41, 5.74) is 1.05. The second kappa shape index (κ2) is 6.93. The van der Waals surface area contributed by atoms with Crippen LogP contribution in [0.15, 0.2) is 41.7 Å². The molecule has 0 spiro atoms. The molecule has 0 atom stereocenters. The van der Waals surface area contributed by atoms with Crippen LogP contribution in [0, 0.1) is 0 Å². The summed E-state index contributed by atoms with van der Waals surface area (Å²) in [6.45, 7) is 4.45. The highest BCUT2D eigenvalue weighted by molar-refractivity contribution is 5.80. The van der Waals surface area contributed by atoms with Crippen molar-refractivity contribution in [1.82, 2.24) is 25.4 Å². The minimum absolute atomic E-state index is 0.702. The Balaban J connectivity index is 1.53. The molecule has 1 aliphatic heterocycles. The van der Waals surface area contributed by atoms with Gasteiger partial charge in [0.15, 0.2) is 5.96 Å². The van der Waals surface area contributed by atoms with E-state index in [2.05, 4.69) is 41.4 Å². The van der Waals surface area contributed by atoms with Gasteiger partial charge in [0, 0.05) is 45.6 Å². The van der Waals surface area contributed by atoms with Crippen LogP contribution in [0.5, 0.6) is 0 Å². The lowest BCUT2D eigenvalue weighted by atomic mass is 10.3. The minimum Gasteiger partial charge on any atom is -0.353 e. The van der Waals surface area contributed by atoms with E-state index in [0.717, 1.165) is 43.7 Å². The summed E-state index contributed by atoms with van der Waals surface area (Å²) in [6.07, 6.45) is 3.60. The molecule has 2 aromatic rings. The molecule has 1 saturated heterocycles. The average molecular weight is 299 g/mol. The van der Waals surface area contributed by atoms with Gasteiger partial charge in [0.2, 0.25) is 0 Å². The van der Waals surface area contributed by atoms with E-state index < -0.39 is 0 Å². The van der Waals surface area contributed by atoms with E-state index in [1.807, 2.05) is 31.4 Å². The highest BCUT2D eigenvalue weighted by Crippen LogP contribution is 2.12. The molecule has 7 nitrogen and oxygen atoms in total. The van der Waals surface area contributed by atoms with Crippen molar-refractivity contribution < 1.29 is 0 Å². The third kappa shape index (κ3) is 3.36. The van der Waals surface area contributed by atoms with E-state index >= 15 is 0 Å². The zero-order valence-electron chi connectivity index (χ0n) is 12.7. The van der Waals surface area contributed by atoms with Gasteiger partial charge in [-0.3, -0.25) is 10.1 Å². The normalized spacial score (nSPS) is 16.0. The van der Waals surface area contributed by atoms with Crippen LogP contribution in [0.25, 0.3) is 0 Å². The number of rotatable bonds is 3. The van der Waals surface area contributed by atoms with Crippen molar-refractivity contribution in [1.29, 1.82) is 0 Å². The third-order valence-electron chi connectivity index (χ3n) is 3.76. The molecule has 0 radical (unpaired) electrons. The topological polar surface area (TPSA) is 72.4 Å². The van der Waals surface area contributed by atoms with Crippen LogP contribution in [0.3, 0.4) is 0 Å². The summed E-state index contributed by atoms with van der Waals surface area (Å²) in [5, 5.41) is 10.3. The van der Waals surface area contributed by atoms with Crippen LogP contribution in [-0.2, 0) is 6.54 Å². The maximum atomic E-state index is 4.41. The Labute approximate surface area is 130 Å². The first-order valence-corrected chi connectivity index (χ1v) is 7.46. The smallest absolute Gasteiger partial charge is 0.194 e. The van der Waals surface area contributed by atoms with Gasteiger partial charge in [0.05, 0.1) is 12.2 Å². The summed E-state index contributed by atoms with van der Waals surface area (Å²) < 4.78 is 0. The molecule has 22 heavy (non-hydrogen) atoms. The van der Waals surface area contributed by atoms with Crippen molar-refractivity contribution >= 4 is 11.8 Å². The third-order valence-corrected chi connectivity index (χ3v) is 3.76. The first-order valence-electron chi connectivity index (χ1n) is 7.46. The number of pyridine rings is 1. The number of nitrogens with one attached hydrogen (secondary N) is 2. The fraction of sp³-hybridized carbons (Fsp3) is 0.400. The highest BCUT2D eigenvalue weighted by Gasteiger charge is 2.20. The molecule has 2 N–H and O–H groups in total. The first kappa shape index (κ1) is 14.4. The fourth-order valence-electron chi connectivity index (χ4n) is 2.58. The highest BCUT2D eigenvalue weighted by atomic mass is 15.4. The molecule has 0 aliphatic carbocycles. The lowest BCUT2D eigenvalue weighted by Crippen LogP contribution is -2.52. The Morgan fingerprint density at radius 2 is 2.09 bits per heavy atom. The average Bonchev–Trinajstić information content (AvgIpc) is 3.10. The minimum atomic E-state index is 0.702. The van der Waals surface area contributed by atoms with Crippen LogP contribution in [-0.4, -0.2) is 59.3 Å². The predicted molar refractivity (Wildman–Crippen MR) is 86.8 cm³/mol. The van der Waals surface area contributed by atoms with Crippen LogP contribution in [0.2, 0.25) is 0 Å². The molecule has 116 valence electrons. The largest absolute Gasteiger partial charge is 0.353 e. The number of guanidine groups is 1. The zero-order valence-corrected chi connectivity index (χ0v) is 12.7. The van der Waals surface area contributed by atoms with Crippen molar-refractivity contribution in [2.75, 3.05) is 38.1 Å². The number of anilines is 1. The molecule has 2 aromatic heterocycles. The standard InChI is InChI=1S/C15H21N7/c1-16-15(18-12-13-5-7-19-20-13)22-10-8-21(9-11-22)14-4-2-3-6-17-14/h2-7H,8-12H2,1H3,(H,16,18)(H,19,20). The van der Waals surface area contributed by atoms with E-state index in [0.29, 0.717) is 6.54 Å². The number of nitrogens with zero attached hydrogens (tertiary/aromatic N) is 5. The number of aliphatic imine (C=N–C) groups is 1. The Morgan fingerprint density at radius 1 is 1.23 bits per heavy atom. The molecular formula is C15H21N7. The maximum Gasteiger partial charge on any atom is 0.194 e. The Kier molecular flexibility index (Phi) is 4.53. The molecular weight excluding hydrogens is 278 g/mol. The number of aromatic nitrogens is 3. The SMILES string of the molecule is CN=C(NCc1ccn[nH]1)N1CCN(c2ccccn2)CC1. The fourth-order valence-corrected chi connectivity index (χ4v) is 2.58. The lowest BCUT2D eigenvalue weighted by Gasteiger charge is -2.37. The van der Waals surface area contributed by atoms with Crippen LogP contribution in [0.1, 0.15) is 5.69 Å². The number of piperazine rings is 1.